The number of phenolic OH excluding ortho intramolecular Hbond substituents is 2. The number of para-hydroxylation sites is 1. The number of hydrogen-bond donors (Lipinski definition) is 4. The molecule has 1 aromatic rings. The Morgan fingerprint density at radius 3 is 2.47 bits per heavy atom. The molecule has 7 nitrogen and oxygen atoms in total. The Morgan fingerprint density at radius 1 is 1.32 bits per heavy atom. The normalized spacial score (nSPS) is 13.4. The number of aliphatic hydroxyl groups is 1. The number of esters is 1. The number of rotatable bonds is 4. The summed E-state index contributed by atoms with van der Waals surface area (Å²) in [6, 6.07) is 2.57. The van der Waals surface area contributed by atoms with Crippen LogP contribution in [0.3, 0.4) is 0 Å². The van der Waals surface area contributed by atoms with E-state index in [1.54, 1.807) is 0 Å². The molecular formula is C12H15NO6. The summed E-state index contributed by atoms with van der Waals surface area (Å²) in [4.78, 5) is 23.2. The first-order valence-electron chi connectivity index (χ1n) is 5.46. The van der Waals surface area contributed by atoms with Crippen LogP contribution in [0.2, 0.25) is 0 Å². The molecule has 0 fully saturated rings. The highest BCUT2D eigenvalue weighted by molar-refractivity contribution is 5.99. The summed E-state index contributed by atoms with van der Waals surface area (Å²) < 4.78 is 4.44. The molecule has 0 unspecified atom stereocenters. The Labute approximate surface area is 109 Å². The number of phenols is 2. The van der Waals surface area contributed by atoms with Gasteiger partial charge in [-0.05, 0) is 19.1 Å². The molecule has 0 bridgehead atoms. The maximum Gasteiger partial charge on any atom is 0.331 e. The zero-order valence-corrected chi connectivity index (χ0v) is 10.5. The number of ether oxygens (including phenoxy) is 1. The van der Waals surface area contributed by atoms with Gasteiger partial charge < -0.3 is 25.4 Å². The van der Waals surface area contributed by atoms with Crippen LogP contribution in [-0.4, -0.2) is 46.5 Å². The first-order valence-corrected chi connectivity index (χ1v) is 5.46. The lowest BCUT2D eigenvalue weighted by Crippen LogP contribution is -2.48. The third kappa shape index (κ3) is 3.35. The van der Waals surface area contributed by atoms with Crippen LogP contribution in [0, 0.1) is 0 Å². The number of benzene rings is 1. The van der Waals surface area contributed by atoms with Gasteiger partial charge >= 0.3 is 5.97 Å². The maximum absolute atomic E-state index is 11.9. The fourth-order valence-electron chi connectivity index (χ4n) is 1.44. The molecule has 104 valence electrons. The number of amides is 1. The van der Waals surface area contributed by atoms with Crippen molar-refractivity contribution in [2.75, 3.05) is 7.11 Å². The molecule has 0 saturated heterocycles. The van der Waals surface area contributed by atoms with E-state index < -0.39 is 35.5 Å². The molecule has 1 rings (SSSR count). The van der Waals surface area contributed by atoms with Gasteiger partial charge in [0, 0.05) is 0 Å². The number of carbonyl (C=O) groups excluding carboxylic acids is 2. The molecule has 1 amide bonds. The van der Waals surface area contributed by atoms with Gasteiger partial charge in [-0.25, -0.2) is 4.79 Å². The summed E-state index contributed by atoms with van der Waals surface area (Å²) in [5.41, 5.74) is -0.213. The van der Waals surface area contributed by atoms with Gasteiger partial charge in [0.1, 0.15) is 0 Å². The second-order valence-corrected chi connectivity index (χ2v) is 3.89. The Balaban J connectivity index is 2.94. The average molecular weight is 269 g/mol. The molecule has 0 heterocycles. The van der Waals surface area contributed by atoms with E-state index in [9.17, 15) is 24.9 Å². The van der Waals surface area contributed by atoms with E-state index in [0.29, 0.717) is 0 Å². The van der Waals surface area contributed by atoms with Gasteiger partial charge in [0.15, 0.2) is 17.5 Å². The number of nitrogens with one attached hydrogen (secondary N) is 1. The van der Waals surface area contributed by atoms with Crippen molar-refractivity contribution in [2.45, 2.75) is 19.1 Å². The second-order valence-electron chi connectivity index (χ2n) is 3.89. The summed E-state index contributed by atoms with van der Waals surface area (Å²) in [6.07, 6.45) is -1.17. The highest BCUT2D eigenvalue weighted by Gasteiger charge is 2.27. The van der Waals surface area contributed by atoms with E-state index in [1.807, 2.05) is 0 Å². The molecular weight excluding hydrogens is 254 g/mol. The van der Waals surface area contributed by atoms with Gasteiger partial charge in [0.25, 0.3) is 5.91 Å². The van der Waals surface area contributed by atoms with Crippen molar-refractivity contribution in [2.24, 2.45) is 0 Å². The minimum atomic E-state index is -1.26. The molecule has 0 saturated carbocycles. The van der Waals surface area contributed by atoms with Crippen molar-refractivity contribution in [3.8, 4) is 11.5 Å². The number of methoxy groups -OCH3 is 1. The maximum atomic E-state index is 11.9. The lowest BCUT2D eigenvalue weighted by Gasteiger charge is -2.19. The summed E-state index contributed by atoms with van der Waals surface area (Å²) in [6.45, 7) is 1.31. The summed E-state index contributed by atoms with van der Waals surface area (Å²) in [5.74, 6) is -2.69. The van der Waals surface area contributed by atoms with E-state index >= 15 is 0 Å². The number of hydrogen-bond acceptors (Lipinski definition) is 6. The Hall–Kier alpha value is -2.28. The van der Waals surface area contributed by atoms with Crippen molar-refractivity contribution in [1.82, 2.24) is 5.32 Å². The molecule has 4 N–H and O–H groups in total. The van der Waals surface area contributed by atoms with Crippen LogP contribution in [0.4, 0.5) is 0 Å². The summed E-state index contributed by atoms with van der Waals surface area (Å²) in [5, 5.41) is 30.4. The predicted octanol–water partition coefficient (Wildman–Crippen LogP) is -0.250. The highest BCUT2D eigenvalue weighted by atomic mass is 16.5. The van der Waals surface area contributed by atoms with E-state index in [4.69, 9.17) is 0 Å². The standard InChI is InChI=1S/C12H15NO6/c1-6(14)9(12(18)19-2)13-11(17)7-4-3-5-8(15)10(7)16/h3-6,9,14-16H,1-2H3,(H,13,17)/t6-,9+/m1/s1. The molecule has 0 aromatic heterocycles. The van der Waals surface area contributed by atoms with Gasteiger partial charge in [-0.1, -0.05) is 6.07 Å². The number of aliphatic hydroxyl groups excluding tert-OH is 1. The highest BCUT2D eigenvalue weighted by Crippen LogP contribution is 2.28. The first-order chi connectivity index (χ1) is 8.88. The van der Waals surface area contributed by atoms with Crippen LogP contribution < -0.4 is 5.32 Å². The molecule has 7 heteroatoms. The average Bonchev–Trinajstić information content (AvgIpc) is 2.37. The second kappa shape index (κ2) is 6.05. The molecule has 0 aliphatic carbocycles. The Bertz CT molecular complexity index is 485. The van der Waals surface area contributed by atoms with Crippen molar-refractivity contribution < 1.29 is 29.6 Å². The first kappa shape index (κ1) is 14.8. The van der Waals surface area contributed by atoms with Crippen LogP contribution >= 0.6 is 0 Å². The molecule has 0 aliphatic heterocycles. The Kier molecular flexibility index (Phi) is 4.71. The van der Waals surface area contributed by atoms with Gasteiger partial charge in [-0.3, -0.25) is 4.79 Å². The molecule has 1 aromatic carbocycles. The summed E-state index contributed by atoms with van der Waals surface area (Å²) >= 11 is 0. The zero-order chi connectivity index (χ0) is 14.6. The monoisotopic (exact) mass is 269 g/mol. The molecule has 0 radical (unpaired) electrons. The molecule has 0 spiro atoms. The van der Waals surface area contributed by atoms with Gasteiger partial charge in [0.05, 0.1) is 18.8 Å². The van der Waals surface area contributed by atoms with E-state index in [2.05, 4.69) is 10.1 Å². The largest absolute Gasteiger partial charge is 0.504 e. The smallest absolute Gasteiger partial charge is 0.331 e. The van der Waals surface area contributed by atoms with Crippen LogP contribution in [0.5, 0.6) is 11.5 Å². The quantitative estimate of drug-likeness (QED) is 0.442. The number of carbonyl (C=O) groups is 2. The summed E-state index contributed by atoms with van der Waals surface area (Å²) in [7, 11) is 1.12. The lowest BCUT2D eigenvalue weighted by molar-refractivity contribution is -0.145. The van der Waals surface area contributed by atoms with Crippen molar-refractivity contribution >= 4 is 11.9 Å². The fourth-order valence-corrected chi connectivity index (χ4v) is 1.44. The third-order valence-corrected chi connectivity index (χ3v) is 2.48. The third-order valence-electron chi connectivity index (χ3n) is 2.48. The topological polar surface area (TPSA) is 116 Å². The molecule has 0 aliphatic rings. The van der Waals surface area contributed by atoms with Crippen LogP contribution in [0.15, 0.2) is 18.2 Å². The zero-order valence-electron chi connectivity index (χ0n) is 10.5. The van der Waals surface area contributed by atoms with Crippen molar-refractivity contribution in [3.63, 3.8) is 0 Å². The van der Waals surface area contributed by atoms with Crippen LogP contribution in [0.1, 0.15) is 17.3 Å². The SMILES string of the molecule is COC(=O)[C@@H](NC(=O)c1cccc(O)c1O)[C@@H](C)O. The van der Waals surface area contributed by atoms with Crippen molar-refractivity contribution in [3.05, 3.63) is 23.8 Å². The van der Waals surface area contributed by atoms with Gasteiger partial charge in [0.2, 0.25) is 0 Å². The fraction of sp³-hybridized carbons (Fsp3) is 0.333. The van der Waals surface area contributed by atoms with Gasteiger partial charge in [-0.2, -0.15) is 0 Å². The van der Waals surface area contributed by atoms with E-state index in [-0.39, 0.29) is 5.56 Å². The molecule has 2 atom stereocenters. The Morgan fingerprint density at radius 2 is 1.95 bits per heavy atom. The molecule has 19 heavy (non-hydrogen) atoms. The predicted molar refractivity (Wildman–Crippen MR) is 64.7 cm³/mol. The minimum Gasteiger partial charge on any atom is -0.504 e. The van der Waals surface area contributed by atoms with E-state index in [1.165, 1.54) is 25.1 Å². The van der Waals surface area contributed by atoms with Crippen LogP contribution in [-0.2, 0) is 9.53 Å². The number of aromatic hydroxyl groups is 2. The van der Waals surface area contributed by atoms with Crippen LogP contribution in [0.25, 0.3) is 0 Å². The van der Waals surface area contributed by atoms with E-state index in [0.717, 1.165) is 7.11 Å². The van der Waals surface area contributed by atoms with Crippen molar-refractivity contribution in [1.29, 1.82) is 0 Å². The lowest BCUT2D eigenvalue weighted by atomic mass is 10.1. The minimum absolute atomic E-state index is 0.213. The van der Waals surface area contributed by atoms with Gasteiger partial charge in [-0.15, -0.1) is 0 Å².